The fraction of sp³-hybridized carbons (Fsp3) is 0.143. The summed E-state index contributed by atoms with van der Waals surface area (Å²) in [5, 5.41) is 15.2. The van der Waals surface area contributed by atoms with Crippen LogP contribution in [-0.2, 0) is 0 Å². The lowest BCUT2D eigenvalue weighted by atomic mass is 10.1. The van der Waals surface area contributed by atoms with Gasteiger partial charge in [-0.05, 0) is 36.4 Å². The van der Waals surface area contributed by atoms with Gasteiger partial charge in [0.05, 0.1) is 11.3 Å². The van der Waals surface area contributed by atoms with Crippen LogP contribution < -0.4 is 15.4 Å². The van der Waals surface area contributed by atoms with Crippen LogP contribution in [0.2, 0.25) is 0 Å². The van der Waals surface area contributed by atoms with Crippen LogP contribution in [0, 0.1) is 11.3 Å². The number of imidazole rings is 1. The van der Waals surface area contributed by atoms with Gasteiger partial charge < -0.3 is 19.8 Å². The third-order valence-corrected chi connectivity index (χ3v) is 4.37. The van der Waals surface area contributed by atoms with Crippen molar-refractivity contribution >= 4 is 17.3 Å². The van der Waals surface area contributed by atoms with Crippen molar-refractivity contribution in [3.05, 3.63) is 66.7 Å². The molecule has 4 rings (SSSR count). The highest BCUT2D eigenvalue weighted by molar-refractivity contribution is 5.69. The smallest absolute Gasteiger partial charge is 0.406 e. The van der Waals surface area contributed by atoms with Crippen molar-refractivity contribution in [3.63, 3.8) is 0 Å². The number of nitrogens with one attached hydrogen (secondary N) is 2. The Kier molecular flexibility index (Phi) is 5.76. The molecule has 0 saturated carbocycles. The Morgan fingerprint density at radius 3 is 2.50 bits per heavy atom. The molecule has 0 atom stereocenters. The second-order valence-corrected chi connectivity index (χ2v) is 6.60. The zero-order valence-corrected chi connectivity index (χ0v) is 16.5. The Bertz CT molecular complexity index is 1250. The van der Waals surface area contributed by atoms with Gasteiger partial charge in [0.15, 0.2) is 11.5 Å². The average molecular weight is 439 g/mol. The zero-order chi connectivity index (χ0) is 22.6. The zero-order valence-electron chi connectivity index (χ0n) is 16.5. The van der Waals surface area contributed by atoms with Crippen LogP contribution in [0.1, 0.15) is 5.56 Å². The van der Waals surface area contributed by atoms with Gasteiger partial charge in [0.2, 0.25) is 0 Å². The molecule has 11 heteroatoms. The topological polar surface area (TPSA) is 100 Å². The summed E-state index contributed by atoms with van der Waals surface area (Å²) in [5.74, 6) is 0.864. The number of hydrogen-bond donors (Lipinski definition) is 2. The first-order valence-electron chi connectivity index (χ1n) is 9.45. The molecule has 162 valence electrons. The number of ether oxygens (including phenoxy) is 1. The van der Waals surface area contributed by atoms with E-state index in [4.69, 9.17) is 5.26 Å². The number of fused-ring (bicyclic) bond motifs is 1. The molecule has 0 bridgehead atoms. The first-order valence-corrected chi connectivity index (χ1v) is 9.45. The van der Waals surface area contributed by atoms with Crippen LogP contribution >= 0.6 is 0 Å². The van der Waals surface area contributed by atoms with Gasteiger partial charge in [0, 0.05) is 43.4 Å². The third kappa shape index (κ3) is 5.04. The number of pyridine rings is 1. The highest BCUT2D eigenvalue weighted by Crippen LogP contribution is 2.27. The summed E-state index contributed by atoms with van der Waals surface area (Å²) in [4.78, 5) is 13.0. The minimum atomic E-state index is -4.74. The second-order valence-electron chi connectivity index (χ2n) is 6.60. The number of benzene rings is 1. The van der Waals surface area contributed by atoms with E-state index in [1.165, 1.54) is 30.5 Å². The average Bonchev–Trinajstić information content (AvgIpc) is 3.25. The number of halogens is 3. The van der Waals surface area contributed by atoms with E-state index in [2.05, 4.69) is 30.3 Å². The maximum absolute atomic E-state index is 12.4. The lowest BCUT2D eigenvalue weighted by Gasteiger charge is -2.12. The number of hydrogen-bond acceptors (Lipinski definition) is 7. The maximum atomic E-state index is 12.4. The molecule has 0 spiro atoms. The molecule has 0 aliphatic heterocycles. The van der Waals surface area contributed by atoms with E-state index in [9.17, 15) is 13.2 Å². The quantitative estimate of drug-likeness (QED) is 0.419. The van der Waals surface area contributed by atoms with Gasteiger partial charge in [-0.2, -0.15) is 5.26 Å². The van der Waals surface area contributed by atoms with E-state index < -0.39 is 6.36 Å². The lowest BCUT2D eigenvalue weighted by Crippen LogP contribution is -2.17. The van der Waals surface area contributed by atoms with Crippen molar-refractivity contribution in [1.29, 1.82) is 5.26 Å². The summed E-state index contributed by atoms with van der Waals surface area (Å²) in [6.45, 7) is 1.03. The summed E-state index contributed by atoms with van der Waals surface area (Å²) < 4.78 is 42.8. The normalized spacial score (nSPS) is 11.2. The van der Waals surface area contributed by atoms with Gasteiger partial charge >= 0.3 is 6.36 Å². The van der Waals surface area contributed by atoms with Gasteiger partial charge in [-0.25, -0.2) is 15.0 Å². The minimum Gasteiger partial charge on any atom is -0.406 e. The molecule has 0 aliphatic carbocycles. The van der Waals surface area contributed by atoms with E-state index >= 15 is 0 Å². The van der Waals surface area contributed by atoms with E-state index in [1.54, 1.807) is 35.1 Å². The number of nitrogens with zero attached hydrogens (tertiary/aromatic N) is 5. The Morgan fingerprint density at radius 2 is 1.81 bits per heavy atom. The molecule has 0 aliphatic rings. The van der Waals surface area contributed by atoms with Crippen LogP contribution in [0.3, 0.4) is 0 Å². The molecular weight excluding hydrogens is 423 g/mol. The molecule has 1 aromatic carbocycles. The first kappa shape index (κ1) is 20.9. The number of aromatic nitrogens is 4. The highest BCUT2D eigenvalue weighted by atomic mass is 19.4. The summed E-state index contributed by atoms with van der Waals surface area (Å²) in [6.07, 6.45) is 1.87. The monoisotopic (exact) mass is 439 g/mol. The van der Waals surface area contributed by atoms with Crippen molar-refractivity contribution in [2.24, 2.45) is 0 Å². The number of anilines is 2. The number of rotatable bonds is 7. The molecule has 3 aromatic heterocycles. The fourth-order valence-corrected chi connectivity index (χ4v) is 2.95. The SMILES string of the molecule is N#Cc1ccc(NCCNc2nc(-c3ccc(OC(F)(F)F)cc3)cn3ccnc23)nc1. The van der Waals surface area contributed by atoms with Crippen LogP contribution in [0.15, 0.2) is 61.2 Å². The standard InChI is InChI=1S/C21H16F3N7O/c22-21(23,24)32-16-4-2-15(3-5-16)17-13-31-10-9-28-20(31)19(30-17)27-8-7-26-18-6-1-14(11-25)12-29-18/h1-6,9-10,12-13H,7-8H2,(H,26,29)(H,27,30). The Hall–Kier alpha value is -4.33. The summed E-state index contributed by atoms with van der Waals surface area (Å²) in [6, 6.07) is 10.9. The van der Waals surface area contributed by atoms with Crippen LogP contribution in [0.5, 0.6) is 5.75 Å². The summed E-state index contributed by atoms with van der Waals surface area (Å²) >= 11 is 0. The molecule has 0 unspecified atom stereocenters. The molecule has 8 nitrogen and oxygen atoms in total. The van der Waals surface area contributed by atoms with Gasteiger partial charge in [0.25, 0.3) is 0 Å². The molecule has 32 heavy (non-hydrogen) atoms. The van der Waals surface area contributed by atoms with Gasteiger partial charge in [-0.15, -0.1) is 13.2 Å². The van der Waals surface area contributed by atoms with Crippen molar-refractivity contribution in [3.8, 4) is 23.1 Å². The number of nitriles is 1. The molecule has 3 heterocycles. The fourth-order valence-electron chi connectivity index (χ4n) is 2.95. The first-order chi connectivity index (χ1) is 15.4. The predicted molar refractivity (Wildman–Crippen MR) is 111 cm³/mol. The molecule has 2 N–H and O–H groups in total. The van der Waals surface area contributed by atoms with Gasteiger partial charge in [-0.3, -0.25) is 0 Å². The predicted octanol–water partition coefficient (Wildman–Crippen LogP) is 4.09. The molecule has 0 fully saturated rings. The van der Waals surface area contributed by atoms with Crippen LogP contribution in [-0.4, -0.2) is 38.8 Å². The van der Waals surface area contributed by atoms with E-state index in [0.29, 0.717) is 47.2 Å². The molecule has 0 amide bonds. The summed E-state index contributed by atoms with van der Waals surface area (Å²) in [5.41, 5.74) is 2.27. The van der Waals surface area contributed by atoms with E-state index in [0.717, 1.165) is 0 Å². The van der Waals surface area contributed by atoms with E-state index in [-0.39, 0.29) is 5.75 Å². The second kappa shape index (κ2) is 8.81. The van der Waals surface area contributed by atoms with Crippen LogP contribution in [0.4, 0.5) is 24.8 Å². The Morgan fingerprint density at radius 1 is 1.03 bits per heavy atom. The van der Waals surface area contributed by atoms with Crippen LogP contribution in [0.25, 0.3) is 16.9 Å². The highest BCUT2D eigenvalue weighted by Gasteiger charge is 2.31. The maximum Gasteiger partial charge on any atom is 0.573 e. The lowest BCUT2D eigenvalue weighted by molar-refractivity contribution is -0.274. The molecular formula is C21H16F3N7O. The van der Waals surface area contributed by atoms with Gasteiger partial charge in [-0.1, -0.05) is 0 Å². The minimum absolute atomic E-state index is 0.300. The molecule has 0 radical (unpaired) electrons. The van der Waals surface area contributed by atoms with Crippen molar-refractivity contribution in [1.82, 2.24) is 19.4 Å². The number of alkyl halides is 3. The van der Waals surface area contributed by atoms with Crippen molar-refractivity contribution in [2.45, 2.75) is 6.36 Å². The van der Waals surface area contributed by atoms with Crippen molar-refractivity contribution in [2.75, 3.05) is 23.7 Å². The Balaban J connectivity index is 1.46. The van der Waals surface area contributed by atoms with Crippen molar-refractivity contribution < 1.29 is 17.9 Å². The molecule has 4 aromatic rings. The largest absolute Gasteiger partial charge is 0.573 e. The van der Waals surface area contributed by atoms with Gasteiger partial charge in [0.1, 0.15) is 17.6 Å². The Labute approximate surface area is 180 Å². The summed E-state index contributed by atoms with van der Waals surface area (Å²) in [7, 11) is 0. The third-order valence-electron chi connectivity index (χ3n) is 4.37. The molecule has 0 saturated heterocycles. The van der Waals surface area contributed by atoms with E-state index in [1.807, 2.05) is 6.07 Å².